The summed E-state index contributed by atoms with van der Waals surface area (Å²) in [6.07, 6.45) is 0. The maximum Gasteiger partial charge on any atom is 0.0599 e. The second-order valence-electron chi connectivity index (χ2n) is 5.89. The van der Waals surface area contributed by atoms with E-state index < -0.39 is 0 Å². The molecular formula is C12H28N2O. The summed E-state index contributed by atoms with van der Waals surface area (Å²) in [6, 6.07) is 0. The number of hydrogen-bond acceptors (Lipinski definition) is 3. The van der Waals surface area contributed by atoms with E-state index >= 15 is 0 Å². The number of rotatable bonds is 6. The van der Waals surface area contributed by atoms with Gasteiger partial charge in [-0.15, -0.1) is 0 Å². The third kappa shape index (κ3) is 13.9. The summed E-state index contributed by atoms with van der Waals surface area (Å²) in [5, 5.41) is 6.77. The third-order valence-corrected chi connectivity index (χ3v) is 1.77. The fourth-order valence-corrected chi connectivity index (χ4v) is 1.08. The van der Waals surface area contributed by atoms with Crippen LogP contribution in [0.5, 0.6) is 0 Å². The molecule has 0 saturated heterocycles. The van der Waals surface area contributed by atoms with Crippen LogP contribution in [0.3, 0.4) is 0 Å². The summed E-state index contributed by atoms with van der Waals surface area (Å²) >= 11 is 0. The zero-order chi connectivity index (χ0) is 11.9. The minimum Gasteiger partial charge on any atom is -0.375 e. The normalized spacial score (nSPS) is 13.2. The maximum absolute atomic E-state index is 5.59. The molecule has 0 bridgehead atoms. The molecule has 0 radical (unpaired) electrons. The van der Waals surface area contributed by atoms with Gasteiger partial charge in [0.05, 0.1) is 12.2 Å². The van der Waals surface area contributed by atoms with E-state index in [4.69, 9.17) is 4.74 Å². The SMILES string of the molecule is CC(C)(C)NCCNCCOC(C)(C)C. The molecule has 0 spiro atoms. The third-order valence-electron chi connectivity index (χ3n) is 1.77. The van der Waals surface area contributed by atoms with Gasteiger partial charge in [0.1, 0.15) is 0 Å². The highest BCUT2D eigenvalue weighted by Gasteiger charge is 2.09. The zero-order valence-electron chi connectivity index (χ0n) is 11.2. The van der Waals surface area contributed by atoms with Crippen LogP contribution in [0, 0.1) is 0 Å². The lowest BCUT2D eigenvalue weighted by atomic mass is 10.1. The van der Waals surface area contributed by atoms with Gasteiger partial charge in [0.15, 0.2) is 0 Å². The van der Waals surface area contributed by atoms with Crippen LogP contribution in [-0.4, -0.2) is 37.4 Å². The molecule has 0 aromatic heterocycles. The molecule has 92 valence electrons. The van der Waals surface area contributed by atoms with Gasteiger partial charge in [0, 0.05) is 25.2 Å². The minimum atomic E-state index is -0.0225. The Labute approximate surface area is 95.0 Å². The van der Waals surface area contributed by atoms with Crippen LogP contribution in [0.15, 0.2) is 0 Å². The van der Waals surface area contributed by atoms with E-state index in [-0.39, 0.29) is 11.1 Å². The van der Waals surface area contributed by atoms with E-state index in [0.717, 1.165) is 26.2 Å². The van der Waals surface area contributed by atoms with Gasteiger partial charge in [-0.3, -0.25) is 0 Å². The van der Waals surface area contributed by atoms with Crippen molar-refractivity contribution in [2.75, 3.05) is 26.2 Å². The molecule has 0 saturated carbocycles. The van der Waals surface area contributed by atoms with Crippen molar-refractivity contribution in [2.45, 2.75) is 52.7 Å². The van der Waals surface area contributed by atoms with E-state index in [2.05, 4.69) is 52.2 Å². The van der Waals surface area contributed by atoms with Crippen molar-refractivity contribution in [1.29, 1.82) is 0 Å². The first-order valence-electron chi connectivity index (χ1n) is 5.80. The fourth-order valence-electron chi connectivity index (χ4n) is 1.08. The largest absolute Gasteiger partial charge is 0.375 e. The van der Waals surface area contributed by atoms with E-state index in [1.54, 1.807) is 0 Å². The molecule has 0 aromatic carbocycles. The molecule has 0 heterocycles. The average Bonchev–Trinajstić information content (AvgIpc) is 1.98. The molecule has 0 aliphatic heterocycles. The van der Waals surface area contributed by atoms with Crippen LogP contribution in [0.2, 0.25) is 0 Å². The first kappa shape index (κ1) is 14.9. The van der Waals surface area contributed by atoms with Gasteiger partial charge in [-0.2, -0.15) is 0 Å². The van der Waals surface area contributed by atoms with E-state index in [0.29, 0.717) is 0 Å². The Morgan fingerprint density at radius 2 is 1.47 bits per heavy atom. The van der Waals surface area contributed by atoms with Gasteiger partial charge in [0.2, 0.25) is 0 Å². The molecule has 2 N–H and O–H groups in total. The van der Waals surface area contributed by atoms with Crippen LogP contribution in [0.25, 0.3) is 0 Å². The van der Waals surface area contributed by atoms with Crippen LogP contribution in [-0.2, 0) is 4.74 Å². The van der Waals surface area contributed by atoms with Crippen LogP contribution >= 0.6 is 0 Å². The average molecular weight is 216 g/mol. The quantitative estimate of drug-likeness (QED) is 0.664. The van der Waals surface area contributed by atoms with Crippen molar-refractivity contribution in [3.63, 3.8) is 0 Å². The molecule has 0 unspecified atom stereocenters. The molecule has 0 rings (SSSR count). The molecule has 3 heteroatoms. The molecular weight excluding hydrogens is 188 g/mol. The zero-order valence-corrected chi connectivity index (χ0v) is 11.2. The highest BCUT2D eigenvalue weighted by Crippen LogP contribution is 2.04. The lowest BCUT2D eigenvalue weighted by Gasteiger charge is -2.21. The minimum absolute atomic E-state index is 0.0225. The molecule has 3 nitrogen and oxygen atoms in total. The Kier molecular flexibility index (Phi) is 6.41. The molecule has 0 amide bonds. The van der Waals surface area contributed by atoms with Gasteiger partial charge in [-0.05, 0) is 41.5 Å². The monoisotopic (exact) mass is 216 g/mol. The van der Waals surface area contributed by atoms with Gasteiger partial charge < -0.3 is 15.4 Å². The smallest absolute Gasteiger partial charge is 0.0599 e. The second kappa shape index (κ2) is 6.46. The maximum atomic E-state index is 5.59. The van der Waals surface area contributed by atoms with Crippen molar-refractivity contribution in [2.24, 2.45) is 0 Å². The van der Waals surface area contributed by atoms with Crippen molar-refractivity contribution < 1.29 is 4.74 Å². The predicted octanol–water partition coefficient (Wildman–Crippen LogP) is 1.78. The molecule has 0 aromatic rings. The molecule has 15 heavy (non-hydrogen) atoms. The summed E-state index contributed by atoms with van der Waals surface area (Å²) < 4.78 is 5.59. The summed E-state index contributed by atoms with van der Waals surface area (Å²) in [4.78, 5) is 0. The Balaban J connectivity index is 3.20. The van der Waals surface area contributed by atoms with Crippen LogP contribution in [0.4, 0.5) is 0 Å². The Bertz CT molecular complexity index is 138. The van der Waals surface area contributed by atoms with Gasteiger partial charge in [0.25, 0.3) is 0 Å². The Morgan fingerprint density at radius 1 is 0.867 bits per heavy atom. The summed E-state index contributed by atoms with van der Waals surface area (Å²) in [7, 11) is 0. The first-order valence-corrected chi connectivity index (χ1v) is 5.80. The highest BCUT2D eigenvalue weighted by molar-refractivity contribution is 4.70. The standard InChI is InChI=1S/C12H28N2O/c1-11(2,3)14-8-7-13-9-10-15-12(4,5)6/h13-14H,7-10H2,1-6H3. The molecule has 0 atom stereocenters. The van der Waals surface area contributed by atoms with Crippen molar-refractivity contribution >= 4 is 0 Å². The fraction of sp³-hybridized carbons (Fsp3) is 1.00. The summed E-state index contributed by atoms with van der Waals surface area (Å²) in [6.45, 7) is 16.4. The second-order valence-corrected chi connectivity index (χ2v) is 5.89. The van der Waals surface area contributed by atoms with E-state index in [9.17, 15) is 0 Å². The van der Waals surface area contributed by atoms with Crippen molar-refractivity contribution in [3.8, 4) is 0 Å². The highest BCUT2D eigenvalue weighted by atomic mass is 16.5. The Morgan fingerprint density at radius 3 is 1.93 bits per heavy atom. The molecule has 0 aliphatic carbocycles. The Hall–Kier alpha value is -0.120. The lowest BCUT2D eigenvalue weighted by molar-refractivity contribution is -0.000719. The summed E-state index contributed by atoms with van der Waals surface area (Å²) in [5.41, 5.74) is 0.189. The predicted molar refractivity (Wildman–Crippen MR) is 66.3 cm³/mol. The lowest BCUT2D eigenvalue weighted by Crippen LogP contribution is -2.40. The van der Waals surface area contributed by atoms with Gasteiger partial charge in [-0.1, -0.05) is 0 Å². The van der Waals surface area contributed by atoms with Crippen LogP contribution in [0.1, 0.15) is 41.5 Å². The van der Waals surface area contributed by atoms with Crippen molar-refractivity contribution in [1.82, 2.24) is 10.6 Å². The van der Waals surface area contributed by atoms with Crippen molar-refractivity contribution in [3.05, 3.63) is 0 Å². The molecule has 0 aliphatic rings. The van der Waals surface area contributed by atoms with Gasteiger partial charge in [-0.25, -0.2) is 0 Å². The molecule has 0 fully saturated rings. The number of nitrogens with one attached hydrogen (secondary N) is 2. The van der Waals surface area contributed by atoms with E-state index in [1.165, 1.54) is 0 Å². The van der Waals surface area contributed by atoms with E-state index in [1.807, 2.05) is 0 Å². The number of hydrogen-bond donors (Lipinski definition) is 2. The van der Waals surface area contributed by atoms with Gasteiger partial charge >= 0.3 is 0 Å². The number of ether oxygens (including phenoxy) is 1. The topological polar surface area (TPSA) is 33.3 Å². The van der Waals surface area contributed by atoms with Crippen LogP contribution < -0.4 is 10.6 Å². The summed E-state index contributed by atoms with van der Waals surface area (Å²) in [5.74, 6) is 0. The first-order chi connectivity index (χ1) is 6.71.